The molecular weight excluding hydrogens is 657 g/mol. The summed E-state index contributed by atoms with van der Waals surface area (Å²) in [5.41, 5.74) is 11.1. The van der Waals surface area contributed by atoms with Crippen molar-refractivity contribution < 1.29 is 0 Å². The third-order valence-electron chi connectivity index (χ3n) is 11.8. The fraction of sp³-hybridized carbons (Fsp3) is 0. The first kappa shape index (κ1) is 28.3. The molecule has 0 spiro atoms. The Kier molecular flexibility index (Phi) is 5.34. The highest BCUT2D eigenvalue weighted by atomic mass is 15.2. The highest BCUT2D eigenvalue weighted by Gasteiger charge is 2.26. The zero-order valence-electron chi connectivity index (χ0n) is 29.0. The first-order chi connectivity index (χ1) is 26.8. The van der Waals surface area contributed by atoms with Gasteiger partial charge in [-0.3, -0.25) is 4.57 Å². The van der Waals surface area contributed by atoms with Crippen LogP contribution in [0.2, 0.25) is 0 Å². The quantitative estimate of drug-likeness (QED) is 0.174. The molecular formula is C50H28N4. The average Bonchev–Trinajstić information content (AvgIpc) is 3.71. The molecule has 9 aromatic carbocycles. The molecule has 0 saturated heterocycles. The lowest BCUT2D eigenvalue weighted by Gasteiger charge is -2.14. The van der Waals surface area contributed by atoms with Crippen molar-refractivity contribution in [2.24, 2.45) is 0 Å². The van der Waals surface area contributed by atoms with Gasteiger partial charge in [-0.2, -0.15) is 0 Å². The lowest BCUT2D eigenvalue weighted by molar-refractivity contribution is 1.01. The number of nitrogens with zero attached hydrogens (tertiary/aromatic N) is 4. The highest BCUT2D eigenvalue weighted by Crippen LogP contribution is 2.49. The average molecular weight is 685 g/mol. The van der Waals surface area contributed by atoms with Gasteiger partial charge < -0.3 is 4.57 Å². The molecule has 0 bridgehead atoms. The van der Waals surface area contributed by atoms with Crippen LogP contribution in [0.25, 0.3) is 121 Å². The Labute approximate surface area is 308 Å². The van der Waals surface area contributed by atoms with Gasteiger partial charge in [-0.05, 0) is 80.5 Å². The molecule has 4 nitrogen and oxygen atoms in total. The van der Waals surface area contributed by atoms with E-state index < -0.39 is 0 Å². The van der Waals surface area contributed by atoms with E-state index in [9.17, 15) is 0 Å². The predicted octanol–water partition coefficient (Wildman–Crippen LogP) is 12.9. The van der Waals surface area contributed by atoms with Crippen molar-refractivity contribution in [3.05, 3.63) is 170 Å². The number of rotatable bonds is 3. The molecule has 13 rings (SSSR count). The van der Waals surface area contributed by atoms with Crippen molar-refractivity contribution in [3.63, 3.8) is 0 Å². The molecule has 0 fully saturated rings. The first-order valence-corrected chi connectivity index (χ1v) is 18.5. The standard InChI is InChI=1S/C50H28N4/c1-2-12-33(13-3-1)53-40-19-7-5-14-34(40)35-25-22-32(28-43(35)53)49-38-15-4-6-18-39(38)51-50(52-49)54-41-26-23-30-11-9-17-37-36-16-8-10-29-20-21-31-24-27-42(54)48(46(31)44(29)36)47(41)45(30)37/h1-28H. The third kappa shape index (κ3) is 3.57. The maximum Gasteiger partial charge on any atom is 0.235 e. The second kappa shape index (κ2) is 10.2. The van der Waals surface area contributed by atoms with E-state index in [1.54, 1.807) is 0 Å². The Hall–Kier alpha value is -7.30. The summed E-state index contributed by atoms with van der Waals surface area (Å²) in [6.45, 7) is 0. The van der Waals surface area contributed by atoms with E-state index in [2.05, 4.69) is 179 Å². The van der Waals surface area contributed by atoms with Crippen molar-refractivity contribution in [1.29, 1.82) is 0 Å². The van der Waals surface area contributed by atoms with Gasteiger partial charge in [0.1, 0.15) is 0 Å². The van der Waals surface area contributed by atoms with Crippen LogP contribution in [0, 0.1) is 0 Å². The Morgan fingerprint density at radius 2 is 0.963 bits per heavy atom. The highest BCUT2D eigenvalue weighted by molar-refractivity contribution is 6.38. The van der Waals surface area contributed by atoms with E-state index in [0.29, 0.717) is 5.95 Å². The van der Waals surface area contributed by atoms with Gasteiger partial charge in [0.05, 0.1) is 33.3 Å². The topological polar surface area (TPSA) is 35.6 Å². The maximum absolute atomic E-state index is 5.55. The zero-order chi connectivity index (χ0) is 35.1. The monoisotopic (exact) mass is 684 g/mol. The van der Waals surface area contributed by atoms with Gasteiger partial charge in [0.15, 0.2) is 0 Å². The summed E-state index contributed by atoms with van der Waals surface area (Å²) >= 11 is 0. The number of hydrogen-bond acceptors (Lipinski definition) is 2. The Bertz CT molecular complexity index is 3610. The number of benzene rings is 9. The molecule has 0 atom stereocenters. The summed E-state index contributed by atoms with van der Waals surface area (Å²) < 4.78 is 4.68. The smallest absolute Gasteiger partial charge is 0.235 e. The predicted molar refractivity (Wildman–Crippen MR) is 225 cm³/mol. The van der Waals surface area contributed by atoms with Crippen LogP contribution in [-0.4, -0.2) is 19.1 Å². The van der Waals surface area contributed by atoms with Gasteiger partial charge in [-0.15, -0.1) is 0 Å². The van der Waals surface area contributed by atoms with E-state index in [0.717, 1.165) is 44.4 Å². The maximum atomic E-state index is 5.55. The van der Waals surface area contributed by atoms with Crippen LogP contribution >= 0.6 is 0 Å². The fourth-order valence-corrected chi connectivity index (χ4v) is 9.58. The third-order valence-corrected chi connectivity index (χ3v) is 11.8. The van der Waals surface area contributed by atoms with Crippen LogP contribution in [0.3, 0.4) is 0 Å². The Balaban J connectivity index is 1.16. The van der Waals surface area contributed by atoms with Gasteiger partial charge in [-0.25, -0.2) is 9.97 Å². The lowest BCUT2D eigenvalue weighted by atomic mass is 9.93. The summed E-state index contributed by atoms with van der Waals surface area (Å²) in [4.78, 5) is 10.9. The van der Waals surface area contributed by atoms with E-state index >= 15 is 0 Å². The van der Waals surface area contributed by atoms with Crippen LogP contribution in [0.15, 0.2) is 170 Å². The first-order valence-electron chi connectivity index (χ1n) is 18.5. The molecule has 0 amide bonds. The van der Waals surface area contributed by atoms with Crippen molar-refractivity contribution in [1.82, 2.24) is 19.1 Å². The summed E-state index contributed by atoms with van der Waals surface area (Å²) in [6.07, 6.45) is 0. The molecule has 54 heavy (non-hydrogen) atoms. The summed E-state index contributed by atoms with van der Waals surface area (Å²) in [6, 6.07) is 61.6. The minimum Gasteiger partial charge on any atom is -0.309 e. The molecule has 3 heterocycles. The second-order valence-corrected chi connectivity index (χ2v) is 14.5. The molecule has 0 unspecified atom stereocenters. The number of hydrogen-bond donors (Lipinski definition) is 0. The van der Waals surface area contributed by atoms with Crippen LogP contribution in [-0.2, 0) is 0 Å². The molecule has 0 aliphatic heterocycles. The largest absolute Gasteiger partial charge is 0.309 e. The number of para-hydroxylation sites is 3. The molecule has 1 aliphatic carbocycles. The van der Waals surface area contributed by atoms with Gasteiger partial charge in [-0.1, -0.05) is 127 Å². The van der Waals surface area contributed by atoms with Gasteiger partial charge >= 0.3 is 0 Å². The van der Waals surface area contributed by atoms with Crippen LogP contribution in [0.4, 0.5) is 0 Å². The van der Waals surface area contributed by atoms with E-state index in [1.807, 2.05) is 0 Å². The van der Waals surface area contributed by atoms with Crippen LogP contribution in [0.1, 0.15) is 0 Å². The summed E-state index contributed by atoms with van der Waals surface area (Å²) in [5, 5.41) is 13.6. The number of aromatic nitrogens is 4. The van der Waals surface area contributed by atoms with Gasteiger partial charge in [0, 0.05) is 43.6 Å². The molecule has 248 valence electrons. The molecule has 4 heteroatoms. The normalized spacial score (nSPS) is 12.4. The number of fused-ring (bicyclic) bond motifs is 5. The molecule has 0 saturated carbocycles. The SMILES string of the molecule is c1ccc(-n2c3ccccc3c3ccc(-c4nc(-n5c6ccc7cccc8c7c6c6c7c(ccc9cccc-8c97)ccc65)nc5ccccc45)cc32)cc1. The Morgan fingerprint density at radius 1 is 0.352 bits per heavy atom. The van der Waals surface area contributed by atoms with Crippen molar-refractivity contribution in [2.75, 3.05) is 0 Å². The minimum absolute atomic E-state index is 0.671. The second-order valence-electron chi connectivity index (χ2n) is 14.5. The van der Waals surface area contributed by atoms with Crippen LogP contribution < -0.4 is 0 Å². The molecule has 0 N–H and O–H groups in total. The summed E-state index contributed by atoms with van der Waals surface area (Å²) in [7, 11) is 0. The van der Waals surface area contributed by atoms with E-state index in [1.165, 1.54) is 70.5 Å². The van der Waals surface area contributed by atoms with E-state index in [-0.39, 0.29) is 0 Å². The van der Waals surface area contributed by atoms with Crippen molar-refractivity contribution in [3.8, 4) is 34.0 Å². The Morgan fingerprint density at radius 3 is 1.74 bits per heavy atom. The minimum atomic E-state index is 0.671. The molecule has 1 aliphatic rings. The van der Waals surface area contributed by atoms with Gasteiger partial charge in [0.25, 0.3) is 0 Å². The molecule has 12 aromatic rings. The molecule has 3 aromatic heterocycles. The lowest BCUT2D eigenvalue weighted by Crippen LogP contribution is -2.03. The van der Waals surface area contributed by atoms with Crippen molar-refractivity contribution >= 4 is 86.8 Å². The zero-order valence-corrected chi connectivity index (χ0v) is 29.0. The van der Waals surface area contributed by atoms with Gasteiger partial charge in [0.2, 0.25) is 5.95 Å². The van der Waals surface area contributed by atoms with Crippen molar-refractivity contribution in [2.45, 2.75) is 0 Å². The fourth-order valence-electron chi connectivity index (χ4n) is 9.58. The van der Waals surface area contributed by atoms with Crippen LogP contribution in [0.5, 0.6) is 0 Å². The van der Waals surface area contributed by atoms with E-state index in [4.69, 9.17) is 9.97 Å². The summed E-state index contributed by atoms with van der Waals surface area (Å²) in [5.74, 6) is 0.671. The molecule has 0 radical (unpaired) electrons.